The third kappa shape index (κ3) is 3.92. The number of nitrogens with one attached hydrogen (secondary N) is 2. The Kier molecular flexibility index (Phi) is 5.43. The number of methoxy groups -OCH3 is 2. The van der Waals surface area contributed by atoms with Gasteiger partial charge < -0.3 is 19.8 Å². The molecule has 4 rings (SSSR count). The fourth-order valence-corrected chi connectivity index (χ4v) is 3.98. The van der Waals surface area contributed by atoms with Crippen molar-refractivity contribution in [2.45, 2.75) is 39.0 Å². The molecule has 1 amide bonds. The number of benzene rings is 2. The van der Waals surface area contributed by atoms with Crippen LogP contribution in [0.2, 0.25) is 0 Å². The molecule has 1 fully saturated rings. The van der Waals surface area contributed by atoms with Crippen molar-refractivity contribution in [2.24, 2.45) is 5.92 Å². The Hall–Kier alpha value is -3.02. The third-order valence-corrected chi connectivity index (χ3v) is 5.73. The molecule has 29 heavy (non-hydrogen) atoms. The van der Waals surface area contributed by atoms with Crippen LogP contribution in [0, 0.1) is 12.8 Å². The zero-order chi connectivity index (χ0) is 20.4. The van der Waals surface area contributed by atoms with Gasteiger partial charge in [-0.2, -0.15) is 0 Å². The first-order valence-corrected chi connectivity index (χ1v) is 10.1. The predicted molar refractivity (Wildman–Crippen MR) is 115 cm³/mol. The summed E-state index contributed by atoms with van der Waals surface area (Å²) in [5.41, 5.74) is 4.46. The standard InChI is InChI=1S/C23H27N3O3/c1-14-9-10-16(11-17(14)26-23(27)15-7-5-4-6-8-15)22-24-18-12-20(28-2)21(29-3)13-19(18)25-22/h9-13,15H,4-8H2,1-3H3,(H,24,25)(H,26,27). The molecule has 0 saturated heterocycles. The van der Waals surface area contributed by atoms with Gasteiger partial charge in [0.1, 0.15) is 5.82 Å². The van der Waals surface area contributed by atoms with Crippen LogP contribution in [0.25, 0.3) is 22.4 Å². The largest absolute Gasteiger partial charge is 0.493 e. The lowest BCUT2D eigenvalue weighted by Gasteiger charge is -2.21. The molecule has 152 valence electrons. The highest BCUT2D eigenvalue weighted by atomic mass is 16.5. The van der Waals surface area contributed by atoms with Gasteiger partial charge in [0.05, 0.1) is 25.3 Å². The average Bonchev–Trinajstić information content (AvgIpc) is 3.17. The van der Waals surface area contributed by atoms with E-state index < -0.39 is 0 Å². The Bertz CT molecular complexity index is 994. The van der Waals surface area contributed by atoms with Crippen molar-refractivity contribution in [1.82, 2.24) is 9.97 Å². The molecule has 3 aromatic rings. The number of amides is 1. The molecule has 0 unspecified atom stereocenters. The molecule has 1 saturated carbocycles. The van der Waals surface area contributed by atoms with Gasteiger partial charge >= 0.3 is 0 Å². The summed E-state index contributed by atoms with van der Waals surface area (Å²) < 4.78 is 10.7. The number of carbonyl (C=O) groups excluding carboxylic acids is 1. The summed E-state index contributed by atoms with van der Waals surface area (Å²) >= 11 is 0. The first-order chi connectivity index (χ1) is 14.1. The van der Waals surface area contributed by atoms with E-state index in [0.717, 1.165) is 59.4 Å². The van der Waals surface area contributed by atoms with Crippen molar-refractivity contribution >= 4 is 22.6 Å². The summed E-state index contributed by atoms with van der Waals surface area (Å²) in [6.45, 7) is 2.01. The first-order valence-electron chi connectivity index (χ1n) is 10.1. The molecule has 6 heteroatoms. The highest BCUT2D eigenvalue weighted by Gasteiger charge is 2.21. The number of H-pyrrole nitrogens is 1. The minimum Gasteiger partial charge on any atom is -0.493 e. The maximum absolute atomic E-state index is 12.7. The highest BCUT2D eigenvalue weighted by molar-refractivity contribution is 5.94. The van der Waals surface area contributed by atoms with E-state index in [0.29, 0.717) is 11.5 Å². The van der Waals surface area contributed by atoms with E-state index in [1.54, 1.807) is 14.2 Å². The SMILES string of the molecule is COc1cc2nc(-c3ccc(C)c(NC(=O)C4CCCCC4)c3)[nH]c2cc1OC. The Morgan fingerprint density at radius 2 is 1.79 bits per heavy atom. The zero-order valence-corrected chi connectivity index (χ0v) is 17.2. The molecule has 1 heterocycles. The van der Waals surface area contributed by atoms with Crippen molar-refractivity contribution in [3.05, 3.63) is 35.9 Å². The minimum absolute atomic E-state index is 0.123. The second kappa shape index (κ2) is 8.15. The number of hydrogen-bond donors (Lipinski definition) is 2. The van der Waals surface area contributed by atoms with Crippen LogP contribution in [-0.4, -0.2) is 30.1 Å². The van der Waals surface area contributed by atoms with E-state index >= 15 is 0 Å². The second-order valence-electron chi connectivity index (χ2n) is 7.66. The molecule has 6 nitrogen and oxygen atoms in total. The Labute approximate surface area is 170 Å². The lowest BCUT2D eigenvalue weighted by atomic mass is 9.88. The van der Waals surface area contributed by atoms with Crippen LogP contribution in [0.15, 0.2) is 30.3 Å². The van der Waals surface area contributed by atoms with Crippen LogP contribution in [0.5, 0.6) is 11.5 Å². The van der Waals surface area contributed by atoms with Gasteiger partial charge in [-0.05, 0) is 31.4 Å². The van der Waals surface area contributed by atoms with Crippen LogP contribution in [0.4, 0.5) is 5.69 Å². The van der Waals surface area contributed by atoms with Gasteiger partial charge in [0.25, 0.3) is 0 Å². The number of aromatic nitrogens is 2. The number of aryl methyl sites for hydroxylation is 1. The van der Waals surface area contributed by atoms with E-state index in [4.69, 9.17) is 14.5 Å². The zero-order valence-electron chi connectivity index (χ0n) is 17.2. The smallest absolute Gasteiger partial charge is 0.227 e. The van der Waals surface area contributed by atoms with Crippen LogP contribution >= 0.6 is 0 Å². The molecule has 0 aliphatic heterocycles. The topological polar surface area (TPSA) is 76.2 Å². The van der Waals surface area contributed by atoms with Crippen molar-refractivity contribution in [3.63, 3.8) is 0 Å². The molecule has 0 spiro atoms. The van der Waals surface area contributed by atoms with Gasteiger partial charge in [0, 0.05) is 29.3 Å². The van der Waals surface area contributed by atoms with Crippen molar-refractivity contribution in [1.29, 1.82) is 0 Å². The quantitative estimate of drug-likeness (QED) is 0.634. The van der Waals surface area contributed by atoms with Crippen LogP contribution < -0.4 is 14.8 Å². The fraction of sp³-hybridized carbons (Fsp3) is 0.391. The van der Waals surface area contributed by atoms with E-state index in [9.17, 15) is 4.79 Å². The van der Waals surface area contributed by atoms with E-state index in [2.05, 4.69) is 10.3 Å². The Balaban J connectivity index is 1.63. The monoisotopic (exact) mass is 393 g/mol. The van der Waals surface area contributed by atoms with Gasteiger partial charge in [-0.3, -0.25) is 4.79 Å². The van der Waals surface area contributed by atoms with Gasteiger partial charge in [0.15, 0.2) is 11.5 Å². The molecular formula is C23H27N3O3. The normalized spacial score (nSPS) is 14.7. The second-order valence-corrected chi connectivity index (χ2v) is 7.66. The maximum atomic E-state index is 12.7. The highest BCUT2D eigenvalue weighted by Crippen LogP contribution is 2.33. The number of hydrogen-bond acceptors (Lipinski definition) is 4. The Morgan fingerprint density at radius 1 is 1.07 bits per heavy atom. The van der Waals surface area contributed by atoms with Crippen LogP contribution in [0.1, 0.15) is 37.7 Å². The van der Waals surface area contributed by atoms with Gasteiger partial charge in [-0.1, -0.05) is 31.4 Å². The molecule has 2 N–H and O–H groups in total. The van der Waals surface area contributed by atoms with Crippen molar-refractivity contribution in [3.8, 4) is 22.9 Å². The molecular weight excluding hydrogens is 366 g/mol. The molecule has 1 aliphatic rings. The summed E-state index contributed by atoms with van der Waals surface area (Å²) in [5, 5.41) is 3.14. The van der Waals surface area contributed by atoms with E-state index in [-0.39, 0.29) is 11.8 Å². The summed E-state index contributed by atoms with van der Waals surface area (Å²) in [5.74, 6) is 2.28. The number of carbonyl (C=O) groups is 1. The van der Waals surface area contributed by atoms with Gasteiger partial charge in [-0.25, -0.2) is 4.98 Å². The molecule has 0 atom stereocenters. The van der Waals surface area contributed by atoms with Gasteiger partial charge in [-0.15, -0.1) is 0 Å². The molecule has 0 radical (unpaired) electrons. The van der Waals surface area contributed by atoms with E-state index in [1.807, 2.05) is 37.3 Å². The fourth-order valence-electron chi connectivity index (χ4n) is 3.98. The Morgan fingerprint density at radius 3 is 2.52 bits per heavy atom. The first kappa shape index (κ1) is 19.3. The van der Waals surface area contributed by atoms with Crippen LogP contribution in [-0.2, 0) is 4.79 Å². The number of rotatable bonds is 5. The van der Waals surface area contributed by atoms with E-state index in [1.165, 1.54) is 6.42 Å². The molecule has 1 aliphatic carbocycles. The average molecular weight is 393 g/mol. The number of nitrogens with zero attached hydrogens (tertiary/aromatic N) is 1. The number of aromatic amines is 1. The lowest BCUT2D eigenvalue weighted by molar-refractivity contribution is -0.120. The predicted octanol–water partition coefficient (Wildman–Crippen LogP) is 5.07. The molecule has 0 bridgehead atoms. The lowest BCUT2D eigenvalue weighted by Crippen LogP contribution is -2.25. The summed E-state index contributed by atoms with van der Waals surface area (Å²) in [4.78, 5) is 20.7. The number of fused-ring (bicyclic) bond motifs is 1. The number of ether oxygens (including phenoxy) is 2. The van der Waals surface area contributed by atoms with Gasteiger partial charge in [0.2, 0.25) is 5.91 Å². The van der Waals surface area contributed by atoms with Crippen molar-refractivity contribution < 1.29 is 14.3 Å². The maximum Gasteiger partial charge on any atom is 0.227 e. The van der Waals surface area contributed by atoms with Crippen LogP contribution in [0.3, 0.4) is 0 Å². The number of imidazole rings is 1. The third-order valence-electron chi connectivity index (χ3n) is 5.73. The summed E-state index contributed by atoms with van der Waals surface area (Å²) in [7, 11) is 3.22. The number of anilines is 1. The molecule has 2 aromatic carbocycles. The molecule has 1 aromatic heterocycles. The summed E-state index contributed by atoms with van der Waals surface area (Å²) in [6, 6.07) is 9.75. The van der Waals surface area contributed by atoms with Crippen molar-refractivity contribution in [2.75, 3.05) is 19.5 Å². The summed E-state index contributed by atoms with van der Waals surface area (Å²) in [6.07, 6.45) is 5.49. The minimum atomic E-state index is 0.123.